The highest BCUT2D eigenvalue weighted by atomic mass is 31.2. The molecule has 0 atom stereocenters. The molecule has 0 aliphatic carbocycles. The quantitative estimate of drug-likeness (QED) is 0.0944. The van der Waals surface area contributed by atoms with E-state index in [-0.39, 0.29) is 26.4 Å². The minimum atomic E-state index is -4.64. The van der Waals surface area contributed by atoms with Crippen LogP contribution in [-0.2, 0) is 14.0 Å². The number of aliphatic hydroxyl groups is 8. The molecule has 11 N–H and O–H groups in total. The zero-order chi connectivity index (χ0) is 23.9. The molecule has 15 heteroatoms. The summed E-state index contributed by atoms with van der Waals surface area (Å²) in [4.78, 5) is 21.6. The maximum Gasteiger partial charge on any atom is 0.466 e. The van der Waals surface area contributed by atoms with Gasteiger partial charge in [0.05, 0.1) is 95.5 Å². The molecule has 0 aromatic carbocycles. The van der Waals surface area contributed by atoms with Crippen LogP contribution in [0.25, 0.3) is 0 Å². The van der Waals surface area contributed by atoms with Crippen LogP contribution in [0, 0.1) is 16.2 Å². The van der Waals surface area contributed by atoms with Crippen molar-refractivity contribution in [3.63, 3.8) is 0 Å². The molecule has 0 rings (SSSR count). The molecule has 0 radical (unpaired) electrons. The van der Waals surface area contributed by atoms with Gasteiger partial charge >= 0.3 is 7.82 Å². The number of hydrogen-bond acceptors (Lipinski definition) is 11. The van der Waals surface area contributed by atoms with E-state index in [2.05, 4.69) is 0 Å². The third kappa shape index (κ3) is 12.5. The predicted molar refractivity (Wildman–Crippen MR) is 99.9 cm³/mol. The smallest absolute Gasteiger partial charge is 0.396 e. The molecule has 0 aromatic rings. The van der Waals surface area contributed by atoms with Gasteiger partial charge in [0.25, 0.3) is 0 Å². The second-order valence-corrected chi connectivity index (χ2v) is 8.29. The lowest BCUT2D eigenvalue weighted by molar-refractivity contribution is -0.127. The van der Waals surface area contributed by atoms with Crippen LogP contribution in [0.3, 0.4) is 0 Å². The molecule has 0 bridgehead atoms. The van der Waals surface area contributed by atoms with Crippen LogP contribution in [0.4, 0.5) is 0 Å². The number of ether oxygens (including phenoxy) is 2. The van der Waals surface area contributed by atoms with Crippen molar-refractivity contribution in [2.24, 2.45) is 16.2 Å². The lowest BCUT2D eigenvalue weighted by atomic mass is 9.90. The second kappa shape index (κ2) is 15.5. The molecule has 184 valence electrons. The van der Waals surface area contributed by atoms with Gasteiger partial charge in [-0.25, -0.2) is 4.57 Å². The van der Waals surface area contributed by atoms with Gasteiger partial charge in [0.2, 0.25) is 0 Å². The summed E-state index contributed by atoms with van der Waals surface area (Å²) in [5.74, 6) is 0. The molecule has 0 aliphatic heterocycles. The average molecular weight is 470 g/mol. The van der Waals surface area contributed by atoms with Crippen molar-refractivity contribution >= 4 is 7.82 Å². The van der Waals surface area contributed by atoms with Crippen molar-refractivity contribution < 1.29 is 69.6 Å². The lowest BCUT2D eigenvalue weighted by Gasteiger charge is -2.34. The molecular formula is C15H35O14P. The van der Waals surface area contributed by atoms with Crippen molar-refractivity contribution in [1.82, 2.24) is 0 Å². The van der Waals surface area contributed by atoms with Gasteiger partial charge in [-0.05, 0) is 0 Å². The van der Waals surface area contributed by atoms with Crippen molar-refractivity contribution in [2.75, 3.05) is 79.3 Å². The van der Waals surface area contributed by atoms with Crippen LogP contribution in [0.2, 0.25) is 0 Å². The molecular weight excluding hydrogens is 435 g/mol. The van der Waals surface area contributed by atoms with E-state index in [1.165, 1.54) is 0 Å². The fraction of sp³-hybridized carbons (Fsp3) is 1.00. The van der Waals surface area contributed by atoms with Crippen LogP contribution in [0.15, 0.2) is 0 Å². The number of hydrogen-bond donors (Lipinski definition) is 11. The highest BCUT2D eigenvalue weighted by Gasteiger charge is 2.35. The average Bonchev–Trinajstić information content (AvgIpc) is 2.73. The topological polar surface area (TPSA) is 258 Å². The van der Waals surface area contributed by atoms with E-state index in [1.54, 1.807) is 0 Å². The summed E-state index contributed by atoms with van der Waals surface area (Å²) in [6.07, 6.45) is 0. The van der Waals surface area contributed by atoms with E-state index in [4.69, 9.17) is 28.7 Å². The maximum absolute atomic E-state index is 9.56. The van der Waals surface area contributed by atoms with Gasteiger partial charge in [0.15, 0.2) is 0 Å². The van der Waals surface area contributed by atoms with Crippen LogP contribution in [0.5, 0.6) is 0 Å². The molecule has 0 aliphatic rings. The van der Waals surface area contributed by atoms with Gasteiger partial charge in [0.1, 0.15) is 0 Å². The lowest BCUT2D eigenvalue weighted by Crippen LogP contribution is -2.45. The van der Waals surface area contributed by atoms with Gasteiger partial charge in [-0.15, -0.1) is 0 Å². The Morgan fingerprint density at radius 3 is 0.800 bits per heavy atom. The summed E-state index contributed by atoms with van der Waals surface area (Å²) in [7, 11) is -4.64. The summed E-state index contributed by atoms with van der Waals surface area (Å²) in [6.45, 7) is -4.82. The molecule has 0 saturated heterocycles. The molecule has 0 fully saturated rings. The van der Waals surface area contributed by atoms with Crippen molar-refractivity contribution in [3.05, 3.63) is 0 Å². The van der Waals surface area contributed by atoms with E-state index < -0.39 is 76.9 Å². The van der Waals surface area contributed by atoms with Gasteiger partial charge in [-0.2, -0.15) is 0 Å². The van der Waals surface area contributed by atoms with Crippen LogP contribution < -0.4 is 0 Å². The highest BCUT2D eigenvalue weighted by Crippen LogP contribution is 2.26. The van der Waals surface area contributed by atoms with E-state index in [0.29, 0.717) is 0 Å². The SMILES string of the molecule is O=P(O)(O)O.OCC(CO)(CO)COCC(CO)(CO)COCC(CO)(CO)CO. The monoisotopic (exact) mass is 470 g/mol. The first-order chi connectivity index (χ1) is 13.9. The van der Waals surface area contributed by atoms with E-state index in [1.807, 2.05) is 0 Å². The summed E-state index contributed by atoms with van der Waals surface area (Å²) < 4.78 is 19.6. The van der Waals surface area contributed by atoms with Crippen LogP contribution >= 0.6 is 7.82 Å². The molecule has 0 amide bonds. The normalized spacial score (nSPS) is 13.2. The minimum Gasteiger partial charge on any atom is -0.396 e. The third-order valence-electron chi connectivity index (χ3n) is 4.32. The number of phosphoric acid groups is 1. The highest BCUT2D eigenvalue weighted by molar-refractivity contribution is 7.45. The Balaban J connectivity index is 0. The Morgan fingerprint density at radius 2 is 0.633 bits per heavy atom. The largest absolute Gasteiger partial charge is 0.466 e. The molecule has 0 spiro atoms. The Kier molecular flexibility index (Phi) is 16.5. The Labute approximate surface area is 173 Å². The first-order valence-electron chi connectivity index (χ1n) is 8.71. The molecule has 0 aromatic heterocycles. The van der Waals surface area contributed by atoms with Gasteiger partial charge in [-0.3, -0.25) is 0 Å². The van der Waals surface area contributed by atoms with Crippen molar-refractivity contribution in [2.45, 2.75) is 0 Å². The van der Waals surface area contributed by atoms with Crippen molar-refractivity contribution in [1.29, 1.82) is 0 Å². The number of rotatable bonds is 16. The Bertz CT molecular complexity index is 405. The first-order valence-corrected chi connectivity index (χ1v) is 10.3. The van der Waals surface area contributed by atoms with Gasteiger partial charge < -0.3 is 65.0 Å². The van der Waals surface area contributed by atoms with Crippen LogP contribution in [0.1, 0.15) is 0 Å². The fourth-order valence-corrected chi connectivity index (χ4v) is 1.82. The van der Waals surface area contributed by atoms with Crippen molar-refractivity contribution in [3.8, 4) is 0 Å². The molecule has 0 saturated carbocycles. The molecule has 0 unspecified atom stereocenters. The Hall–Kier alpha value is -0.290. The first kappa shape index (κ1) is 31.9. The fourth-order valence-electron chi connectivity index (χ4n) is 1.82. The molecule has 0 heterocycles. The van der Waals surface area contributed by atoms with Gasteiger partial charge in [-0.1, -0.05) is 0 Å². The van der Waals surface area contributed by atoms with Crippen LogP contribution in [-0.4, -0.2) is 135 Å². The zero-order valence-electron chi connectivity index (χ0n) is 16.6. The second-order valence-electron chi connectivity index (χ2n) is 7.26. The Morgan fingerprint density at radius 1 is 0.467 bits per heavy atom. The van der Waals surface area contributed by atoms with Gasteiger partial charge in [0, 0.05) is 0 Å². The predicted octanol–water partition coefficient (Wildman–Crippen LogP) is -5.01. The summed E-state index contributed by atoms with van der Waals surface area (Å²) in [6, 6.07) is 0. The van der Waals surface area contributed by atoms with E-state index >= 15 is 0 Å². The third-order valence-corrected chi connectivity index (χ3v) is 4.32. The summed E-state index contributed by atoms with van der Waals surface area (Å²) >= 11 is 0. The number of aliphatic hydroxyl groups excluding tert-OH is 8. The van der Waals surface area contributed by atoms with E-state index in [9.17, 15) is 40.9 Å². The molecule has 14 nitrogen and oxygen atoms in total. The maximum atomic E-state index is 9.56. The summed E-state index contributed by atoms with van der Waals surface area (Å²) in [5.41, 5.74) is -3.69. The van der Waals surface area contributed by atoms with E-state index in [0.717, 1.165) is 0 Å². The summed E-state index contributed by atoms with van der Waals surface area (Å²) in [5, 5.41) is 74.6. The minimum absolute atomic E-state index is 0.188. The zero-order valence-corrected chi connectivity index (χ0v) is 17.5. The molecule has 30 heavy (non-hydrogen) atoms. The standard InChI is InChI=1S/C15H32O10.H3O4P/c16-1-13(2-17,3-18)9-24-11-15(7-22,8-23)12-25-10-14(4-19,5-20)6-21;1-5(2,3)4/h16-23H,1-12H2;(H3,1,2,3,4).